The Morgan fingerprint density at radius 2 is 2.43 bits per heavy atom. The second-order valence-electron chi connectivity index (χ2n) is 3.33. The van der Waals surface area contributed by atoms with E-state index in [0.717, 1.165) is 35.0 Å². The van der Waals surface area contributed by atoms with Crippen LogP contribution in [0.1, 0.15) is 12.2 Å². The van der Waals surface area contributed by atoms with E-state index in [1.165, 1.54) is 0 Å². The monoisotopic (exact) mass is 305 g/mol. The molecule has 0 bridgehead atoms. The van der Waals surface area contributed by atoms with Gasteiger partial charge in [-0.05, 0) is 35.9 Å². The summed E-state index contributed by atoms with van der Waals surface area (Å²) in [5, 5.41) is 3.34. The first-order valence-electron chi connectivity index (χ1n) is 4.59. The highest BCUT2D eigenvalue weighted by molar-refractivity contribution is 14.1. The van der Waals surface area contributed by atoms with E-state index in [2.05, 4.69) is 37.9 Å². The molecule has 0 amide bonds. The number of nitrogens with zero attached hydrogens (tertiary/aromatic N) is 2. The van der Waals surface area contributed by atoms with Gasteiger partial charge in [-0.2, -0.15) is 0 Å². The van der Waals surface area contributed by atoms with E-state index < -0.39 is 0 Å². The van der Waals surface area contributed by atoms with Gasteiger partial charge in [0, 0.05) is 12.7 Å². The van der Waals surface area contributed by atoms with Gasteiger partial charge in [0.2, 0.25) is 0 Å². The maximum Gasteiger partial charge on any atom is 0.131 e. The summed E-state index contributed by atoms with van der Waals surface area (Å²) in [4.78, 5) is 8.53. The minimum Gasteiger partial charge on any atom is -0.379 e. The second-order valence-corrected chi connectivity index (χ2v) is 4.43. The summed E-state index contributed by atoms with van der Waals surface area (Å²) >= 11 is 2.20. The zero-order chi connectivity index (χ0) is 9.97. The van der Waals surface area contributed by atoms with E-state index in [9.17, 15) is 0 Å². The number of aromatic nitrogens is 2. The van der Waals surface area contributed by atoms with Crippen LogP contribution in [-0.2, 0) is 4.74 Å². The minimum absolute atomic E-state index is 0.403. The first kappa shape index (κ1) is 10.1. The normalized spacial score (nSPS) is 21.1. The summed E-state index contributed by atoms with van der Waals surface area (Å²) in [6, 6.07) is 2.35. The van der Waals surface area contributed by atoms with E-state index in [0.29, 0.717) is 6.04 Å². The largest absolute Gasteiger partial charge is 0.379 e. The third-order valence-corrected chi connectivity index (χ3v) is 2.64. The average molecular weight is 305 g/mol. The van der Waals surface area contributed by atoms with Crippen molar-refractivity contribution in [2.45, 2.75) is 19.4 Å². The molecule has 1 aromatic rings. The van der Waals surface area contributed by atoms with E-state index >= 15 is 0 Å². The fourth-order valence-corrected chi connectivity index (χ4v) is 2.11. The number of rotatable bonds is 2. The van der Waals surface area contributed by atoms with Crippen molar-refractivity contribution in [1.29, 1.82) is 0 Å². The van der Waals surface area contributed by atoms with Crippen LogP contribution in [0.2, 0.25) is 0 Å². The molecule has 1 atom stereocenters. The van der Waals surface area contributed by atoms with Crippen LogP contribution >= 0.6 is 22.6 Å². The smallest absolute Gasteiger partial charge is 0.131 e. The zero-order valence-corrected chi connectivity index (χ0v) is 10.1. The first-order valence-corrected chi connectivity index (χ1v) is 5.67. The standard InChI is InChI=1S/C9H12IN3O/c1-6-11-8(10)4-9(12-6)13-7-2-3-14-5-7/h4,7H,2-3,5H2,1H3,(H,11,12,13)/t7-/m1/s1. The molecule has 76 valence electrons. The number of hydrogen-bond acceptors (Lipinski definition) is 4. The lowest BCUT2D eigenvalue weighted by Crippen LogP contribution is -2.20. The number of nitrogens with one attached hydrogen (secondary N) is 1. The lowest BCUT2D eigenvalue weighted by atomic mass is 10.2. The molecule has 2 heterocycles. The van der Waals surface area contributed by atoms with Gasteiger partial charge in [0.15, 0.2) is 0 Å². The Labute approximate surface area is 96.6 Å². The maximum absolute atomic E-state index is 5.28. The molecular weight excluding hydrogens is 293 g/mol. The Kier molecular flexibility index (Phi) is 3.17. The highest BCUT2D eigenvalue weighted by atomic mass is 127. The van der Waals surface area contributed by atoms with Gasteiger partial charge >= 0.3 is 0 Å². The molecule has 5 heteroatoms. The molecule has 0 spiro atoms. The summed E-state index contributed by atoms with van der Waals surface area (Å²) in [6.45, 7) is 3.52. The Balaban J connectivity index is 2.07. The number of anilines is 1. The molecule has 1 saturated heterocycles. The van der Waals surface area contributed by atoms with Crippen molar-refractivity contribution in [3.63, 3.8) is 0 Å². The number of aryl methyl sites for hydroxylation is 1. The second kappa shape index (κ2) is 4.39. The van der Waals surface area contributed by atoms with Gasteiger partial charge in [-0.3, -0.25) is 0 Å². The Morgan fingerprint density at radius 1 is 1.57 bits per heavy atom. The van der Waals surface area contributed by atoms with Gasteiger partial charge in [-0.25, -0.2) is 9.97 Å². The highest BCUT2D eigenvalue weighted by Gasteiger charge is 2.15. The molecule has 0 aromatic carbocycles. The van der Waals surface area contributed by atoms with Crippen molar-refractivity contribution in [3.05, 3.63) is 15.6 Å². The van der Waals surface area contributed by atoms with Crippen LogP contribution < -0.4 is 5.32 Å². The molecule has 2 rings (SSSR count). The number of ether oxygens (including phenoxy) is 1. The molecule has 1 N–H and O–H groups in total. The maximum atomic E-state index is 5.28. The third kappa shape index (κ3) is 2.54. The zero-order valence-electron chi connectivity index (χ0n) is 7.96. The van der Waals surface area contributed by atoms with E-state index in [1.807, 2.05) is 13.0 Å². The van der Waals surface area contributed by atoms with Gasteiger partial charge in [0.25, 0.3) is 0 Å². The Hall–Kier alpha value is -0.430. The predicted molar refractivity (Wildman–Crippen MR) is 62.3 cm³/mol. The van der Waals surface area contributed by atoms with Crippen molar-refractivity contribution >= 4 is 28.4 Å². The lowest BCUT2D eigenvalue weighted by molar-refractivity contribution is 0.195. The van der Waals surface area contributed by atoms with Gasteiger partial charge in [0.05, 0.1) is 12.6 Å². The van der Waals surface area contributed by atoms with E-state index in [4.69, 9.17) is 4.74 Å². The summed E-state index contributed by atoms with van der Waals surface area (Å²) in [5.74, 6) is 1.70. The molecule has 1 aromatic heterocycles. The van der Waals surface area contributed by atoms with Crippen LogP contribution in [0.25, 0.3) is 0 Å². The fourth-order valence-electron chi connectivity index (χ4n) is 1.46. The summed E-state index contributed by atoms with van der Waals surface area (Å²) in [5.41, 5.74) is 0. The Morgan fingerprint density at radius 3 is 3.07 bits per heavy atom. The van der Waals surface area contributed by atoms with Crippen molar-refractivity contribution in [3.8, 4) is 0 Å². The number of hydrogen-bond donors (Lipinski definition) is 1. The molecule has 14 heavy (non-hydrogen) atoms. The molecule has 4 nitrogen and oxygen atoms in total. The molecule has 1 aliphatic rings. The molecule has 1 aliphatic heterocycles. The molecule has 1 fully saturated rings. The van der Waals surface area contributed by atoms with Crippen LogP contribution in [0, 0.1) is 10.6 Å². The SMILES string of the molecule is Cc1nc(I)cc(N[C@@H]2CCOC2)n1. The average Bonchev–Trinajstić information content (AvgIpc) is 2.54. The summed E-state index contributed by atoms with van der Waals surface area (Å²) in [6.07, 6.45) is 1.06. The lowest BCUT2D eigenvalue weighted by Gasteiger charge is -2.11. The van der Waals surface area contributed by atoms with Crippen molar-refractivity contribution < 1.29 is 4.74 Å². The molecule has 0 radical (unpaired) electrons. The van der Waals surface area contributed by atoms with Gasteiger partial charge in [-0.15, -0.1) is 0 Å². The van der Waals surface area contributed by atoms with Gasteiger partial charge < -0.3 is 10.1 Å². The van der Waals surface area contributed by atoms with Crippen molar-refractivity contribution in [1.82, 2.24) is 9.97 Å². The summed E-state index contributed by atoms with van der Waals surface area (Å²) in [7, 11) is 0. The quantitative estimate of drug-likeness (QED) is 0.666. The van der Waals surface area contributed by atoms with Crippen molar-refractivity contribution in [2.75, 3.05) is 18.5 Å². The predicted octanol–water partition coefficient (Wildman–Crippen LogP) is 1.59. The van der Waals surface area contributed by atoms with Crippen molar-refractivity contribution in [2.24, 2.45) is 0 Å². The first-order chi connectivity index (χ1) is 6.74. The van der Waals surface area contributed by atoms with Crippen LogP contribution in [0.5, 0.6) is 0 Å². The van der Waals surface area contributed by atoms with Gasteiger partial charge in [-0.1, -0.05) is 0 Å². The third-order valence-electron chi connectivity index (χ3n) is 2.09. The Bertz CT molecular complexity index is 306. The number of halogens is 1. The van der Waals surface area contributed by atoms with Gasteiger partial charge in [0.1, 0.15) is 15.3 Å². The van der Waals surface area contributed by atoms with E-state index in [-0.39, 0.29) is 0 Å². The molecule has 0 aliphatic carbocycles. The molecular formula is C9H12IN3O. The van der Waals surface area contributed by atoms with Crippen LogP contribution in [0.3, 0.4) is 0 Å². The highest BCUT2D eigenvalue weighted by Crippen LogP contribution is 2.13. The van der Waals surface area contributed by atoms with Crippen LogP contribution in [-0.4, -0.2) is 29.2 Å². The fraction of sp³-hybridized carbons (Fsp3) is 0.556. The topological polar surface area (TPSA) is 47.0 Å². The molecule has 0 unspecified atom stereocenters. The van der Waals surface area contributed by atoms with Crippen LogP contribution in [0.15, 0.2) is 6.07 Å². The van der Waals surface area contributed by atoms with E-state index in [1.54, 1.807) is 0 Å². The minimum atomic E-state index is 0.403. The molecule has 0 saturated carbocycles. The van der Waals surface area contributed by atoms with Crippen LogP contribution in [0.4, 0.5) is 5.82 Å². The summed E-state index contributed by atoms with van der Waals surface area (Å²) < 4.78 is 6.25.